The number of aliphatic hydroxyl groups excluding tert-OH is 1. The molecule has 0 bridgehead atoms. The SMILES string of the molecule is C.CC(C)Cc1cc(F)ccc1F.CC(C)Cc1ccccc1F.Cc1cc(CO)c(CC(C)C)c(F)c1F. The van der Waals surface area contributed by atoms with Crippen LogP contribution in [0.5, 0.6) is 0 Å². The van der Waals surface area contributed by atoms with Gasteiger partial charge in [0.2, 0.25) is 0 Å². The highest BCUT2D eigenvalue weighted by molar-refractivity contribution is 5.34. The second kappa shape index (κ2) is 17.8. The Kier molecular flexibility index (Phi) is 16.5. The molecule has 39 heavy (non-hydrogen) atoms. The molecular weight excluding hydrogens is 507 g/mol. The molecule has 0 aromatic heterocycles. The van der Waals surface area contributed by atoms with Crippen molar-refractivity contribution in [2.45, 2.75) is 81.8 Å². The molecule has 0 amide bonds. The highest BCUT2D eigenvalue weighted by Crippen LogP contribution is 2.23. The molecule has 218 valence electrons. The molecule has 0 aliphatic rings. The van der Waals surface area contributed by atoms with Crippen LogP contribution in [0, 0.1) is 53.8 Å². The molecule has 0 unspecified atom stereocenters. The van der Waals surface area contributed by atoms with E-state index in [0.29, 0.717) is 41.4 Å². The van der Waals surface area contributed by atoms with E-state index in [9.17, 15) is 22.0 Å². The zero-order chi connectivity index (χ0) is 29.0. The molecule has 3 rings (SSSR count). The van der Waals surface area contributed by atoms with E-state index in [0.717, 1.165) is 18.1 Å². The molecule has 0 aliphatic heterocycles. The topological polar surface area (TPSA) is 20.2 Å². The van der Waals surface area contributed by atoms with E-state index in [4.69, 9.17) is 5.11 Å². The average Bonchev–Trinajstić information content (AvgIpc) is 2.83. The normalized spacial score (nSPS) is 10.6. The van der Waals surface area contributed by atoms with Gasteiger partial charge in [0.1, 0.15) is 17.5 Å². The number of rotatable bonds is 7. The van der Waals surface area contributed by atoms with Gasteiger partial charge >= 0.3 is 0 Å². The van der Waals surface area contributed by atoms with Crippen LogP contribution in [0.2, 0.25) is 0 Å². The monoisotopic (exact) mass is 552 g/mol. The molecule has 0 atom stereocenters. The fourth-order valence-corrected chi connectivity index (χ4v) is 3.87. The first-order valence-corrected chi connectivity index (χ1v) is 13.0. The van der Waals surface area contributed by atoms with Crippen LogP contribution in [0.15, 0.2) is 48.5 Å². The number of benzene rings is 3. The van der Waals surface area contributed by atoms with Gasteiger partial charge in [0.15, 0.2) is 11.6 Å². The highest BCUT2D eigenvalue weighted by Gasteiger charge is 2.16. The molecular formula is C33H45F5O. The van der Waals surface area contributed by atoms with Crippen molar-refractivity contribution in [2.24, 2.45) is 17.8 Å². The van der Waals surface area contributed by atoms with Gasteiger partial charge < -0.3 is 5.11 Å². The van der Waals surface area contributed by atoms with E-state index >= 15 is 0 Å². The number of hydrogen-bond acceptors (Lipinski definition) is 1. The summed E-state index contributed by atoms with van der Waals surface area (Å²) in [6, 6.07) is 12.0. The Labute approximate surface area is 232 Å². The summed E-state index contributed by atoms with van der Waals surface area (Å²) >= 11 is 0. The van der Waals surface area contributed by atoms with Crippen LogP contribution in [0.25, 0.3) is 0 Å². The van der Waals surface area contributed by atoms with E-state index in [1.807, 2.05) is 39.8 Å². The predicted octanol–water partition coefficient (Wildman–Crippen LogP) is 9.79. The molecule has 0 heterocycles. The molecule has 0 spiro atoms. The summed E-state index contributed by atoms with van der Waals surface area (Å²) in [5, 5.41) is 9.08. The quantitative estimate of drug-likeness (QED) is 0.289. The fraction of sp³-hybridized carbons (Fsp3) is 0.455. The lowest BCUT2D eigenvalue weighted by molar-refractivity contribution is 0.278. The van der Waals surface area contributed by atoms with Gasteiger partial charge in [-0.1, -0.05) is 73.2 Å². The third kappa shape index (κ3) is 12.8. The largest absolute Gasteiger partial charge is 0.392 e. The highest BCUT2D eigenvalue weighted by atomic mass is 19.2. The van der Waals surface area contributed by atoms with Gasteiger partial charge in [-0.15, -0.1) is 0 Å². The van der Waals surface area contributed by atoms with Crippen molar-refractivity contribution >= 4 is 0 Å². The van der Waals surface area contributed by atoms with E-state index in [1.165, 1.54) is 31.2 Å². The minimum absolute atomic E-state index is 0. The van der Waals surface area contributed by atoms with Crippen molar-refractivity contribution in [3.8, 4) is 0 Å². The maximum atomic E-state index is 13.6. The van der Waals surface area contributed by atoms with Gasteiger partial charge in [0.25, 0.3) is 0 Å². The number of aliphatic hydroxyl groups is 1. The van der Waals surface area contributed by atoms with Crippen LogP contribution < -0.4 is 0 Å². The van der Waals surface area contributed by atoms with Gasteiger partial charge in [0.05, 0.1) is 6.61 Å². The Hall–Kier alpha value is -2.73. The predicted molar refractivity (Wildman–Crippen MR) is 152 cm³/mol. The molecule has 0 aliphatic carbocycles. The minimum atomic E-state index is -0.812. The number of hydrogen-bond donors (Lipinski definition) is 1. The molecule has 0 radical (unpaired) electrons. The van der Waals surface area contributed by atoms with E-state index in [-0.39, 0.29) is 43.0 Å². The first-order chi connectivity index (χ1) is 17.8. The van der Waals surface area contributed by atoms with Crippen molar-refractivity contribution in [3.05, 3.63) is 105 Å². The lowest BCUT2D eigenvalue weighted by atomic mass is 9.95. The zero-order valence-electron chi connectivity index (χ0n) is 23.5. The van der Waals surface area contributed by atoms with Gasteiger partial charge in [0, 0.05) is 0 Å². The van der Waals surface area contributed by atoms with Crippen molar-refractivity contribution in [3.63, 3.8) is 0 Å². The first-order valence-electron chi connectivity index (χ1n) is 13.0. The van der Waals surface area contributed by atoms with Gasteiger partial charge in [-0.25, -0.2) is 22.0 Å². The summed E-state index contributed by atoms with van der Waals surface area (Å²) in [4.78, 5) is 0. The number of aryl methyl sites for hydroxylation is 1. The third-order valence-corrected chi connectivity index (χ3v) is 5.59. The molecule has 3 aromatic rings. The van der Waals surface area contributed by atoms with Gasteiger partial charge in [-0.2, -0.15) is 0 Å². The lowest BCUT2D eigenvalue weighted by Crippen LogP contribution is -2.06. The minimum Gasteiger partial charge on any atom is -0.392 e. The second-order valence-corrected chi connectivity index (χ2v) is 10.7. The Balaban J connectivity index is 0.000000556. The van der Waals surface area contributed by atoms with Crippen molar-refractivity contribution in [1.29, 1.82) is 0 Å². The van der Waals surface area contributed by atoms with Crippen LogP contribution >= 0.6 is 0 Å². The van der Waals surface area contributed by atoms with Crippen LogP contribution in [-0.2, 0) is 25.9 Å². The number of halogens is 5. The van der Waals surface area contributed by atoms with Crippen molar-refractivity contribution in [1.82, 2.24) is 0 Å². The van der Waals surface area contributed by atoms with Crippen molar-refractivity contribution in [2.75, 3.05) is 0 Å². The van der Waals surface area contributed by atoms with Crippen LogP contribution in [-0.4, -0.2) is 5.11 Å². The Bertz CT molecular complexity index is 1140. The first kappa shape index (κ1) is 36.3. The maximum Gasteiger partial charge on any atom is 0.162 e. The maximum absolute atomic E-state index is 13.6. The summed E-state index contributed by atoms with van der Waals surface area (Å²) in [6.45, 7) is 13.2. The molecule has 0 fully saturated rings. The standard InChI is InChI=1S/C12H16F2O.C10H12F2.C10H13F.CH4/c1-7(2)4-10-9(6-15)5-8(3)11(13)12(10)14;1-7(2)5-8-6-9(11)3-4-10(8)12;1-8(2)7-9-5-3-4-6-10(9)11;/h5,7,15H,4,6H2,1-3H3;3-4,6-7H,5H2,1-2H3;3-6,8H,7H2,1-2H3;1H4. The summed E-state index contributed by atoms with van der Waals surface area (Å²) < 4.78 is 65.4. The molecule has 6 heteroatoms. The Morgan fingerprint density at radius 3 is 1.64 bits per heavy atom. The van der Waals surface area contributed by atoms with Crippen LogP contribution in [0.1, 0.15) is 76.8 Å². The summed E-state index contributed by atoms with van der Waals surface area (Å²) in [6.07, 6.45) is 1.86. The zero-order valence-corrected chi connectivity index (χ0v) is 23.5. The Morgan fingerprint density at radius 2 is 1.13 bits per heavy atom. The lowest BCUT2D eigenvalue weighted by Gasteiger charge is -2.13. The molecule has 0 saturated carbocycles. The third-order valence-electron chi connectivity index (χ3n) is 5.59. The molecule has 1 nitrogen and oxygen atoms in total. The second-order valence-electron chi connectivity index (χ2n) is 10.7. The van der Waals surface area contributed by atoms with Crippen LogP contribution in [0.4, 0.5) is 22.0 Å². The summed E-state index contributed by atoms with van der Waals surface area (Å²) in [5.41, 5.74) is 2.31. The van der Waals surface area contributed by atoms with Gasteiger partial charge in [-0.3, -0.25) is 0 Å². The van der Waals surface area contributed by atoms with E-state index in [1.54, 1.807) is 6.07 Å². The molecule has 1 N–H and O–H groups in total. The summed E-state index contributed by atoms with van der Waals surface area (Å²) in [5.74, 6) is -1.28. The molecule has 3 aromatic carbocycles. The fourth-order valence-electron chi connectivity index (χ4n) is 3.87. The molecule has 0 saturated heterocycles. The van der Waals surface area contributed by atoms with E-state index < -0.39 is 11.6 Å². The Morgan fingerprint density at radius 1 is 0.615 bits per heavy atom. The smallest absolute Gasteiger partial charge is 0.162 e. The summed E-state index contributed by atoms with van der Waals surface area (Å²) in [7, 11) is 0. The van der Waals surface area contributed by atoms with Crippen LogP contribution in [0.3, 0.4) is 0 Å². The van der Waals surface area contributed by atoms with Crippen molar-refractivity contribution < 1.29 is 27.1 Å². The van der Waals surface area contributed by atoms with Gasteiger partial charge in [-0.05, 0) is 96.0 Å². The average molecular weight is 553 g/mol. The van der Waals surface area contributed by atoms with E-state index in [2.05, 4.69) is 13.8 Å².